The van der Waals surface area contributed by atoms with Crippen LogP contribution in [0.5, 0.6) is 0 Å². The molecule has 0 atom stereocenters. The third kappa shape index (κ3) is 1.91. The van der Waals surface area contributed by atoms with E-state index in [4.69, 9.17) is 5.73 Å². The molecular formula is C13H14N6. The summed E-state index contributed by atoms with van der Waals surface area (Å²) in [6.07, 6.45) is 6.74. The van der Waals surface area contributed by atoms with Crippen LogP contribution in [0.25, 0.3) is 16.9 Å². The molecule has 0 unspecified atom stereocenters. The van der Waals surface area contributed by atoms with Crippen LogP contribution in [-0.4, -0.2) is 24.6 Å². The Bertz CT molecular complexity index is 717. The highest BCUT2D eigenvalue weighted by molar-refractivity contribution is 5.66. The van der Waals surface area contributed by atoms with Gasteiger partial charge in [0.15, 0.2) is 5.65 Å². The first-order chi connectivity index (χ1) is 9.16. The van der Waals surface area contributed by atoms with Crippen LogP contribution in [0.15, 0.2) is 31.0 Å². The summed E-state index contributed by atoms with van der Waals surface area (Å²) in [6, 6.07) is 1.78. The molecule has 0 spiro atoms. The second-order valence-electron chi connectivity index (χ2n) is 4.68. The zero-order valence-corrected chi connectivity index (χ0v) is 10.8. The van der Waals surface area contributed by atoms with Gasteiger partial charge in [-0.05, 0) is 5.92 Å². The van der Waals surface area contributed by atoms with Gasteiger partial charge < -0.3 is 5.73 Å². The molecule has 0 saturated carbocycles. The Morgan fingerprint density at radius 2 is 1.89 bits per heavy atom. The average molecular weight is 254 g/mol. The van der Waals surface area contributed by atoms with Gasteiger partial charge in [0.05, 0.1) is 11.9 Å². The highest BCUT2D eigenvalue weighted by atomic mass is 15.3. The average Bonchev–Trinajstić information content (AvgIpc) is 2.84. The van der Waals surface area contributed by atoms with Crippen LogP contribution >= 0.6 is 0 Å². The zero-order valence-electron chi connectivity index (χ0n) is 10.8. The van der Waals surface area contributed by atoms with E-state index in [-0.39, 0.29) is 0 Å². The smallest absolute Gasteiger partial charge is 0.161 e. The maximum atomic E-state index is 6.03. The first-order valence-electron chi connectivity index (χ1n) is 6.06. The molecule has 0 amide bonds. The number of hydrogen-bond acceptors (Lipinski definition) is 5. The normalized spacial score (nSPS) is 11.3. The van der Waals surface area contributed by atoms with Crippen molar-refractivity contribution >= 4 is 11.5 Å². The summed E-state index contributed by atoms with van der Waals surface area (Å²) in [5, 5.41) is 4.27. The van der Waals surface area contributed by atoms with Gasteiger partial charge in [-0.1, -0.05) is 13.8 Å². The topological polar surface area (TPSA) is 82.0 Å². The molecule has 0 fully saturated rings. The van der Waals surface area contributed by atoms with Gasteiger partial charge in [0.1, 0.15) is 12.1 Å². The van der Waals surface area contributed by atoms with Crippen LogP contribution in [0.1, 0.15) is 25.3 Å². The third-order valence-corrected chi connectivity index (χ3v) is 3.00. The number of anilines is 1. The molecule has 6 nitrogen and oxygen atoms in total. The largest absolute Gasteiger partial charge is 0.384 e. The highest BCUT2D eigenvalue weighted by Gasteiger charge is 2.13. The minimum absolute atomic E-state index is 0.340. The van der Waals surface area contributed by atoms with Crippen molar-refractivity contribution in [1.82, 2.24) is 24.6 Å². The predicted molar refractivity (Wildman–Crippen MR) is 72.5 cm³/mol. The second-order valence-corrected chi connectivity index (χ2v) is 4.68. The Kier molecular flexibility index (Phi) is 2.63. The number of hydrogen-bond donors (Lipinski definition) is 1. The molecule has 6 heteroatoms. The van der Waals surface area contributed by atoms with Crippen molar-refractivity contribution in [3.05, 3.63) is 36.5 Å². The first-order valence-corrected chi connectivity index (χ1v) is 6.06. The van der Waals surface area contributed by atoms with Crippen LogP contribution in [0.2, 0.25) is 0 Å². The van der Waals surface area contributed by atoms with Crippen molar-refractivity contribution in [1.29, 1.82) is 0 Å². The number of nitrogen functional groups attached to an aromatic ring is 1. The van der Waals surface area contributed by atoms with Crippen molar-refractivity contribution in [2.45, 2.75) is 19.8 Å². The summed E-state index contributed by atoms with van der Waals surface area (Å²) in [7, 11) is 0. The number of aromatic nitrogens is 5. The van der Waals surface area contributed by atoms with Crippen molar-refractivity contribution in [2.75, 3.05) is 5.73 Å². The monoisotopic (exact) mass is 254 g/mol. The Labute approximate surface area is 110 Å². The van der Waals surface area contributed by atoms with Gasteiger partial charge in [-0.25, -0.2) is 15.0 Å². The van der Waals surface area contributed by atoms with Gasteiger partial charge in [0.2, 0.25) is 0 Å². The fourth-order valence-corrected chi connectivity index (χ4v) is 1.99. The number of nitrogens with two attached hydrogens (primary N) is 1. The summed E-state index contributed by atoms with van der Waals surface area (Å²) >= 11 is 0. The van der Waals surface area contributed by atoms with Crippen molar-refractivity contribution < 1.29 is 0 Å². The third-order valence-electron chi connectivity index (χ3n) is 3.00. The molecule has 0 aliphatic rings. The molecule has 0 radical (unpaired) electrons. The lowest BCUT2D eigenvalue weighted by molar-refractivity contribution is 0.872. The Balaban J connectivity index is 2.26. The summed E-state index contributed by atoms with van der Waals surface area (Å²) in [5.41, 5.74) is 9.49. The van der Waals surface area contributed by atoms with E-state index in [1.807, 2.05) is 6.20 Å². The minimum Gasteiger partial charge on any atom is -0.384 e. The zero-order chi connectivity index (χ0) is 13.4. The van der Waals surface area contributed by atoms with E-state index in [0.717, 1.165) is 22.5 Å². The molecule has 0 aliphatic carbocycles. The van der Waals surface area contributed by atoms with E-state index in [0.29, 0.717) is 11.7 Å². The van der Waals surface area contributed by atoms with Crippen molar-refractivity contribution in [3.8, 4) is 11.3 Å². The predicted octanol–water partition coefficient (Wildman–Crippen LogP) is 1.89. The van der Waals surface area contributed by atoms with Gasteiger partial charge in [0, 0.05) is 29.6 Å². The van der Waals surface area contributed by atoms with Crippen LogP contribution < -0.4 is 5.73 Å². The molecule has 3 aromatic heterocycles. The summed E-state index contributed by atoms with van der Waals surface area (Å²) in [6.45, 7) is 4.21. The molecule has 0 aromatic carbocycles. The number of nitrogens with zero attached hydrogens (tertiary/aromatic N) is 5. The molecule has 19 heavy (non-hydrogen) atoms. The van der Waals surface area contributed by atoms with E-state index in [1.54, 1.807) is 23.0 Å². The van der Waals surface area contributed by atoms with E-state index in [1.165, 1.54) is 6.33 Å². The van der Waals surface area contributed by atoms with E-state index in [2.05, 4.69) is 33.9 Å². The number of fused-ring (bicyclic) bond motifs is 1. The lowest BCUT2D eigenvalue weighted by atomic mass is 10.1. The molecule has 0 bridgehead atoms. The van der Waals surface area contributed by atoms with Gasteiger partial charge in [0.25, 0.3) is 0 Å². The molecule has 2 N–H and O–H groups in total. The molecule has 0 saturated heterocycles. The van der Waals surface area contributed by atoms with Gasteiger partial charge in [-0.3, -0.25) is 0 Å². The van der Waals surface area contributed by atoms with E-state index in [9.17, 15) is 0 Å². The van der Waals surface area contributed by atoms with E-state index < -0.39 is 0 Å². The SMILES string of the molecule is CC(C)c1cnn2c(N)cc(-c3cncnc3)nc12. The highest BCUT2D eigenvalue weighted by Crippen LogP contribution is 2.24. The molecule has 96 valence electrons. The second kappa shape index (κ2) is 4.31. The van der Waals surface area contributed by atoms with Crippen LogP contribution in [0.3, 0.4) is 0 Å². The van der Waals surface area contributed by atoms with Crippen LogP contribution in [-0.2, 0) is 0 Å². The molecular weight excluding hydrogens is 240 g/mol. The summed E-state index contributed by atoms with van der Waals surface area (Å²) in [5.74, 6) is 0.891. The summed E-state index contributed by atoms with van der Waals surface area (Å²) < 4.78 is 1.66. The minimum atomic E-state index is 0.340. The summed E-state index contributed by atoms with van der Waals surface area (Å²) in [4.78, 5) is 12.6. The number of rotatable bonds is 2. The fraction of sp³-hybridized carbons (Fsp3) is 0.231. The maximum absolute atomic E-state index is 6.03. The van der Waals surface area contributed by atoms with E-state index >= 15 is 0 Å². The molecule has 3 rings (SSSR count). The Morgan fingerprint density at radius 3 is 2.58 bits per heavy atom. The van der Waals surface area contributed by atoms with Crippen molar-refractivity contribution in [2.24, 2.45) is 0 Å². The Morgan fingerprint density at radius 1 is 1.16 bits per heavy atom. The molecule has 3 heterocycles. The van der Waals surface area contributed by atoms with Crippen molar-refractivity contribution in [3.63, 3.8) is 0 Å². The van der Waals surface area contributed by atoms with Gasteiger partial charge in [-0.2, -0.15) is 9.61 Å². The first kappa shape index (κ1) is 11.6. The maximum Gasteiger partial charge on any atom is 0.161 e. The lowest BCUT2D eigenvalue weighted by Crippen LogP contribution is -2.02. The Hall–Kier alpha value is -2.50. The fourth-order valence-electron chi connectivity index (χ4n) is 1.99. The molecule has 0 aliphatic heterocycles. The lowest BCUT2D eigenvalue weighted by Gasteiger charge is -2.06. The van der Waals surface area contributed by atoms with Gasteiger partial charge >= 0.3 is 0 Å². The van der Waals surface area contributed by atoms with Crippen LogP contribution in [0, 0.1) is 0 Å². The standard InChI is InChI=1S/C13H14N6/c1-8(2)10-6-17-19-12(14)3-11(18-13(10)19)9-4-15-7-16-5-9/h3-8H,14H2,1-2H3. The quantitative estimate of drug-likeness (QED) is 0.755. The molecule has 3 aromatic rings. The van der Waals surface area contributed by atoms with Gasteiger partial charge in [-0.15, -0.1) is 0 Å². The van der Waals surface area contributed by atoms with Crippen LogP contribution in [0.4, 0.5) is 5.82 Å².